The fraction of sp³-hybridized carbons (Fsp3) is 0. The minimum absolute atomic E-state index is 0.407. The number of carbonyl (C=O) groups is 1. The average molecular weight is 387 g/mol. The summed E-state index contributed by atoms with van der Waals surface area (Å²) in [6.45, 7) is 0. The number of nitrogens with one attached hydrogen (secondary N) is 2. The molecule has 0 aliphatic carbocycles. The quantitative estimate of drug-likeness (QED) is 0.383. The number of anilines is 1. The highest BCUT2D eigenvalue weighted by atomic mass is 32.1. The normalized spacial score (nSPS) is 10.9. The Bertz CT molecular complexity index is 1070. The highest BCUT2D eigenvalue weighted by Crippen LogP contribution is 2.26. The zero-order valence-corrected chi connectivity index (χ0v) is 15.6. The molecule has 6 nitrogen and oxygen atoms in total. The van der Waals surface area contributed by atoms with Crippen molar-refractivity contribution in [2.75, 3.05) is 5.32 Å². The second-order valence-electron chi connectivity index (χ2n) is 5.88. The lowest BCUT2D eigenvalue weighted by Gasteiger charge is -2.02. The standard InChI is InChI=1S/C21H17N5OS/c27-21(23-17-8-3-1-4-9-17)24-22-14-16-15-26(18-10-5-2-6-11-18)25-20(16)19-12-7-13-28-19/h1-15H,(H2,23,24,27)/b22-14+. The average Bonchev–Trinajstić information content (AvgIpc) is 3.39. The molecule has 0 unspecified atom stereocenters. The third-order valence-corrected chi connectivity index (χ3v) is 4.80. The Kier molecular flexibility index (Phi) is 5.26. The van der Waals surface area contributed by atoms with E-state index in [2.05, 4.69) is 15.8 Å². The first-order valence-electron chi connectivity index (χ1n) is 8.64. The van der Waals surface area contributed by atoms with Gasteiger partial charge in [0.25, 0.3) is 0 Å². The van der Waals surface area contributed by atoms with Crippen molar-refractivity contribution in [1.82, 2.24) is 15.2 Å². The maximum absolute atomic E-state index is 12.0. The number of thiophene rings is 1. The van der Waals surface area contributed by atoms with Gasteiger partial charge in [-0.2, -0.15) is 10.2 Å². The highest BCUT2D eigenvalue weighted by Gasteiger charge is 2.12. The molecule has 28 heavy (non-hydrogen) atoms. The van der Waals surface area contributed by atoms with Gasteiger partial charge in [0, 0.05) is 17.4 Å². The van der Waals surface area contributed by atoms with Gasteiger partial charge in [0.05, 0.1) is 16.8 Å². The summed E-state index contributed by atoms with van der Waals surface area (Å²) in [5.41, 5.74) is 5.76. The summed E-state index contributed by atoms with van der Waals surface area (Å²) in [5.74, 6) is 0. The van der Waals surface area contributed by atoms with Gasteiger partial charge < -0.3 is 5.32 Å². The number of benzene rings is 2. The first-order chi connectivity index (χ1) is 13.8. The van der Waals surface area contributed by atoms with Crippen molar-refractivity contribution in [2.45, 2.75) is 0 Å². The lowest BCUT2D eigenvalue weighted by molar-refractivity contribution is 0.252. The Morgan fingerprint density at radius 2 is 1.75 bits per heavy atom. The molecule has 2 N–H and O–H groups in total. The second kappa shape index (κ2) is 8.32. The molecule has 138 valence electrons. The fourth-order valence-electron chi connectivity index (χ4n) is 2.64. The van der Waals surface area contributed by atoms with Crippen LogP contribution >= 0.6 is 11.3 Å². The first kappa shape index (κ1) is 17.7. The number of hydrazone groups is 1. The predicted octanol–water partition coefficient (Wildman–Crippen LogP) is 4.76. The molecule has 0 fully saturated rings. The molecule has 0 radical (unpaired) electrons. The van der Waals surface area contributed by atoms with Crippen LogP contribution in [0, 0.1) is 0 Å². The topological polar surface area (TPSA) is 71.3 Å². The Labute approximate surface area is 166 Å². The predicted molar refractivity (Wildman–Crippen MR) is 113 cm³/mol. The number of carbonyl (C=O) groups excluding carboxylic acids is 1. The third kappa shape index (κ3) is 4.16. The zero-order chi connectivity index (χ0) is 19.2. The van der Waals surface area contributed by atoms with Crippen LogP contribution < -0.4 is 10.7 Å². The van der Waals surface area contributed by atoms with Crippen LogP contribution in [0.25, 0.3) is 16.3 Å². The number of hydrogen-bond donors (Lipinski definition) is 2. The van der Waals surface area contributed by atoms with Crippen molar-refractivity contribution >= 4 is 29.3 Å². The van der Waals surface area contributed by atoms with Crippen molar-refractivity contribution in [1.29, 1.82) is 0 Å². The van der Waals surface area contributed by atoms with Crippen molar-refractivity contribution in [2.24, 2.45) is 5.10 Å². The Morgan fingerprint density at radius 3 is 2.46 bits per heavy atom. The molecule has 2 heterocycles. The SMILES string of the molecule is O=C(N/N=C/c1cn(-c2ccccc2)nc1-c1cccs1)Nc1ccccc1. The third-order valence-electron chi connectivity index (χ3n) is 3.92. The molecule has 0 aliphatic rings. The number of rotatable bonds is 5. The molecular formula is C21H17N5OS. The summed E-state index contributed by atoms with van der Waals surface area (Å²) < 4.78 is 1.81. The Balaban J connectivity index is 1.54. The summed E-state index contributed by atoms with van der Waals surface area (Å²) in [5, 5.41) is 13.5. The van der Waals surface area contributed by atoms with E-state index in [4.69, 9.17) is 5.10 Å². The van der Waals surface area contributed by atoms with Gasteiger partial charge in [-0.05, 0) is 35.7 Å². The van der Waals surface area contributed by atoms with Crippen LogP contribution in [0.5, 0.6) is 0 Å². The second-order valence-corrected chi connectivity index (χ2v) is 6.83. The van der Waals surface area contributed by atoms with Crippen molar-refractivity contribution in [3.8, 4) is 16.3 Å². The maximum atomic E-state index is 12.0. The summed E-state index contributed by atoms with van der Waals surface area (Å²) in [6.07, 6.45) is 3.50. The van der Waals surface area contributed by atoms with E-state index in [0.29, 0.717) is 5.69 Å². The molecule has 0 saturated heterocycles. The number of aromatic nitrogens is 2. The van der Waals surface area contributed by atoms with Crippen LogP contribution in [0.15, 0.2) is 89.5 Å². The van der Waals surface area contributed by atoms with E-state index >= 15 is 0 Å². The van der Waals surface area contributed by atoms with E-state index in [9.17, 15) is 4.79 Å². The van der Waals surface area contributed by atoms with Gasteiger partial charge in [-0.15, -0.1) is 11.3 Å². The van der Waals surface area contributed by atoms with Crippen LogP contribution in [0.2, 0.25) is 0 Å². The lowest BCUT2D eigenvalue weighted by atomic mass is 10.2. The van der Waals surface area contributed by atoms with Crippen LogP contribution in [0.4, 0.5) is 10.5 Å². The summed E-state index contributed by atoms with van der Waals surface area (Å²) in [6, 6.07) is 22.6. The van der Waals surface area contributed by atoms with E-state index < -0.39 is 6.03 Å². The van der Waals surface area contributed by atoms with E-state index in [0.717, 1.165) is 21.8 Å². The molecule has 0 bridgehead atoms. The Morgan fingerprint density at radius 1 is 1.00 bits per heavy atom. The molecule has 2 aromatic carbocycles. The zero-order valence-electron chi connectivity index (χ0n) is 14.8. The van der Waals surface area contributed by atoms with Crippen LogP contribution in [-0.2, 0) is 0 Å². The molecule has 0 aliphatic heterocycles. The lowest BCUT2D eigenvalue weighted by Crippen LogP contribution is -2.24. The molecule has 0 saturated carbocycles. The van der Waals surface area contributed by atoms with Gasteiger partial charge in [-0.3, -0.25) is 0 Å². The maximum Gasteiger partial charge on any atom is 0.339 e. The van der Waals surface area contributed by atoms with Gasteiger partial charge in [-0.1, -0.05) is 42.5 Å². The van der Waals surface area contributed by atoms with Crippen LogP contribution in [0.1, 0.15) is 5.56 Å². The number of para-hydroxylation sites is 2. The van der Waals surface area contributed by atoms with Gasteiger partial charge in [-0.25, -0.2) is 14.9 Å². The molecule has 2 aromatic heterocycles. The fourth-order valence-corrected chi connectivity index (χ4v) is 3.37. The first-order valence-corrected chi connectivity index (χ1v) is 9.51. The van der Waals surface area contributed by atoms with E-state index in [1.165, 1.54) is 0 Å². The highest BCUT2D eigenvalue weighted by molar-refractivity contribution is 7.13. The molecule has 4 aromatic rings. The number of nitrogens with zero attached hydrogens (tertiary/aromatic N) is 3. The molecule has 2 amide bonds. The summed E-state index contributed by atoms with van der Waals surface area (Å²) in [7, 11) is 0. The largest absolute Gasteiger partial charge is 0.339 e. The van der Waals surface area contributed by atoms with Crippen molar-refractivity contribution in [3.05, 3.63) is 89.9 Å². The van der Waals surface area contributed by atoms with E-state index in [-0.39, 0.29) is 0 Å². The van der Waals surface area contributed by atoms with Gasteiger partial charge in [0.15, 0.2) is 0 Å². The van der Waals surface area contributed by atoms with Crippen molar-refractivity contribution in [3.63, 3.8) is 0 Å². The van der Waals surface area contributed by atoms with Crippen LogP contribution in [-0.4, -0.2) is 22.0 Å². The number of urea groups is 1. The molecule has 0 atom stereocenters. The minimum Gasteiger partial charge on any atom is -0.307 e. The molecular weight excluding hydrogens is 370 g/mol. The summed E-state index contributed by atoms with van der Waals surface area (Å²) >= 11 is 1.60. The van der Waals surface area contributed by atoms with E-state index in [1.54, 1.807) is 22.2 Å². The van der Waals surface area contributed by atoms with Crippen molar-refractivity contribution < 1.29 is 4.79 Å². The van der Waals surface area contributed by atoms with Crippen LogP contribution in [0.3, 0.4) is 0 Å². The molecule has 0 spiro atoms. The minimum atomic E-state index is -0.407. The monoisotopic (exact) mass is 387 g/mol. The van der Waals surface area contributed by atoms with E-state index in [1.807, 2.05) is 84.4 Å². The summed E-state index contributed by atoms with van der Waals surface area (Å²) in [4.78, 5) is 13.0. The van der Waals surface area contributed by atoms with Gasteiger partial charge in [0.1, 0.15) is 5.69 Å². The number of amides is 2. The van der Waals surface area contributed by atoms with Gasteiger partial charge >= 0.3 is 6.03 Å². The molecule has 4 rings (SSSR count). The molecule has 7 heteroatoms. The smallest absolute Gasteiger partial charge is 0.307 e. The Hall–Kier alpha value is -3.71. The van der Waals surface area contributed by atoms with Gasteiger partial charge in [0.2, 0.25) is 0 Å². The number of hydrogen-bond acceptors (Lipinski definition) is 4.